The summed E-state index contributed by atoms with van der Waals surface area (Å²) in [5, 5.41) is 8.21. The first kappa shape index (κ1) is 20.4. The van der Waals surface area contributed by atoms with Gasteiger partial charge in [-0.25, -0.2) is 9.48 Å². The molecule has 1 aromatic heterocycles. The number of carbonyl (C=O) groups excluding carboxylic acids is 2. The lowest BCUT2D eigenvalue weighted by Gasteiger charge is -2.35. The van der Waals surface area contributed by atoms with E-state index in [0.717, 1.165) is 41.9 Å². The van der Waals surface area contributed by atoms with E-state index in [1.165, 1.54) is 7.11 Å². The molecule has 6 nitrogen and oxygen atoms in total. The van der Waals surface area contributed by atoms with Crippen LogP contribution in [-0.4, -0.2) is 34.3 Å². The molecule has 0 atom stereocenters. The van der Waals surface area contributed by atoms with Crippen molar-refractivity contribution in [2.24, 2.45) is 0 Å². The second-order valence-corrected chi connectivity index (χ2v) is 7.83. The summed E-state index contributed by atoms with van der Waals surface area (Å²) < 4.78 is 6.79. The predicted molar refractivity (Wildman–Crippen MR) is 108 cm³/mol. The van der Waals surface area contributed by atoms with Crippen LogP contribution in [0, 0.1) is 13.8 Å². The van der Waals surface area contributed by atoms with Gasteiger partial charge in [0, 0.05) is 16.3 Å². The molecule has 1 aliphatic carbocycles. The molecule has 7 heteroatoms. The van der Waals surface area contributed by atoms with Gasteiger partial charge < -0.3 is 10.1 Å². The summed E-state index contributed by atoms with van der Waals surface area (Å²) >= 11 is 5.97. The molecule has 0 aliphatic heterocycles. The molecule has 1 saturated carbocycles. The van der Waals surface area contributed by atoms with Crippen molar-refractivity contribution in [2.75, 3.05) is 7.11 Å². The Morgan fingerprint density at radius 3 is 2.43 bits per heavy atom. The lowest BCUT2D eigenvalue weighted by Crippen LogP contribution is -2.56. The minimum Gasteiger partial charge on any atom is -0.467 e. The normalized spacial score (nSPS) is 15.9. The highest BCUT2D eigenvalue weighted by Crippen LogP contribution is 2.30. The van der Waals surface area contributed by atoms with E-state index in [1.807, 2.05) is 42.8 Å². The maximum absolute atomic E-state index is 12.8. The Labute approximate surface area is 170 Å². The van der Waals surface area contributed by atoms with Crippen LogP contribution in [0.4, 0.5) is 0 Å². The minimum atomic E-state index is -0.905. The Balaban J connectivity index is 1.80. The fourth-order valence-electron chi connectivity index (χ4n) is 3.97. The van der Waals surface area contributed by atoms with E-state index in [-0.39, 0.29) is 18.3 Å². The van der Waals surface area contributed by atoms with Crippen LogP contribution in [-0.2, 0) is 20.7 Å². The average Bonchev–Trinajstić information content (AvgIpc) is 2.96. The molecular weight excluding hydrogens is 378 g/mol. The Morgan fingerprint density at radius 2 is 1.82 bits per heavy atom. The van der Waals surface area contributed by atoms with Crippen LogP contribution in [0.15, 0.2) is 24.3 Å². The fourth-order valence-corrected chi connectivity index (χ4v) is 4.09. The number of carbonyl (C=O) groups is 2. The third-order valence-electron chi connectivity index (χ3n) is 5.51. The average molecular weight is 404 g/mol. The van der Waals surface area contributed by atoms with Gasteiger partial charge in [-0.05, 0) is 51.0 Å². The number of nitrogens with zero attached hydrogens (tertiary/aromatic N) is 2. The van der Waals surface area contributed by atoms with Gasteiger partial charge in [0.25, 0.3) is 0 Å². The Hall–Kier alpha value is -2.34. The zero-order valence-corrected chi connectivity index (χ0v) is 17.3. The number of hydrogen-bond donors (Lipinski definition) is 1. The Bertz CT molecular complexity index is 868. The third-order valence-corrected chi connectivity index (χ3v) is 5.76. The highest BCUT2D eigenvalue weighted by molar-refractivity contribution is 6.30. The van der Waals surface area contributed by atoms with Gasteiger partial charge in [-0.2, -0.15) is 5.10 Å². The summed E-state index contributed by atoms with van der Waals surface area (Å²) in [5.74, 6) is -0.542. The first-order valence-corrected chi connectivity index (χ1v) is 9.94. The molecule has 1 N–H and O–H groups in total. The topological polar surface area (TPSA) is 73.2 Å². The van der Waals surface area contributed by atoms with E-state index >= 15 is 0 Å². The Kier molecular flexibility index (Phi) is 6.08. The molecule has 1 aliphatic rings. The van der Waals surface area contributed by atoms with Crippen molar-refractivity contribution in [1.29, 1.82) is 0 Å². The van der Waals surface area contributed by atoms with Crippen LogP contribution in [0.5, 0.6) is 0 Å². The molecule has 150 valence electrons. The van der Waals surface area contributed by atoms with Gasteiger partial charge in [0.2, 0.25) is 5.91 Å². The zero-order chi connectivity index (χ0) is 20.3. The lowest BCUT2D eigenvalue weighted by atomic mass is 9.81. The first-order chi connectivity index (χ1) is 13.4. The van der Waals surface area contributed by atoms with Crippen LogP contribution in [0.3, 0.4) is 0 Å². The highest BCUT2D eigenvalue weighted by atomic mass is 35.5. The first-order valence-electron chi connectivity index (χ1n) is 9.57. The molecule has 1 heterocycles. The van der Waals surface area contributed by atoms with E-state index < -0.39 is 5.54 Å². The number of aryl methyl sites for hydroxylation is 1. The second kappa shape index (κ2) is 8.35. The number of ether oxygens (including phenoxy) is 1. The van der Waals surface area contributed by atoms with Gasteiger partial charge >= 0.3 is 5.97 Å². The van der Waals surface area contributed by atoms with E-state index in [4.69, 9.17) is 16.3 Å². The highest BCUT2D eigenvalue weighted by Gasteiger charge is 2.42. The molecule has 28 heavy (non-hydrogen) atoms. The number of amides is 1. The number of methoxy groups -OCH3 is 1. The number of hydrogen-bond acceptors (Lipinski definition) is 4. The van der Waals surface area contributed by atoms with Gasteiger partial charge in [0.1, 0.15) is 5.54 Å². The zero-order valence-electron chi connectivity index (χ0n) is 16.5. The second-order valence-electron chi connectivity index (χ2n) is 7.40. The lowest BCUT2D eigenvalue weighted by molar-refractivity contribution is -0.152. The molecule has 0 radical (unpaired) electrons. The van der Waals surface area contributed by atoms with Gasteiger partial charge in [-0.15, -0.1) is 0 Å². The van der Waals surface area contributed by atoms with E-state index in [9.17, 15) is 9.59 Å². The van der Waals surface area contributed by atoms with Crippen LogP contribution in [0.2, 0.25) is 5.02 Å². The molecule has 1 amide bonds. The standard InChI is InChI=1S/C21H26ClN3O3/c1-14-18(15(2)25(24-14)17-9-7-16(22)8-10-17)13-19(26)23-21(20(27)28-3)11-5-4-6-12-21/h7-10H,4-6,11-13H2,1-3H3,(H,23,26). The van der Waals surface area contributed by atoms with Crippen molar-refractivity contribution >= 4 is 23.5 Å². The van der Waals surface area contributed by atoms with Gasteiger partial charge in [-0.1, -0.05) is 30.9 Å². The third kappa shape index (κ3) is 4.07. The van der Waals surface area contributed by atoms with Gasteiger partial charge in [-0.3, -0.25) is 4.79 Å². The number of benzene rings is 1. The van der Waals surface area contributed by atoms with Crippen molar-refractivity contribution in [3.63, 3.8) is 0 Å². The molecule has 1 aromatic carbocycles. The summed E-state index contributed by atoms with van der Waals surface area (Å²) in [7, 11) is 1.37. The van der Waals surface area contributed by atoms with E-state index in [0.29, 0.717) is 17.9 Å². The van der Waals surface area contributed by atoms with Crippen LogP contribution in [0.1, 0.15) is 49.1 Å². The molecule has 0 unspecified atom stereocenters. The summed E-state index contributed by atoms with van der Waals surface area (Å²) in [6.45, 7) is 3.83. The quantitative estimate of drug-likeness (QED) is 0.773. The summed E-state index contributed by atoms with van der Waals surface area (Å²) in [5.41, 5.74) is 2.53. The van der Waals surface area contributed by atoms with Gasteiger partial charge in [0.05, 0.1) is 24.9 Å². The molecule has 2 aromatic rings. The summed E-state index contributed by atoms with van der Waals surface area (Å²) in [4.78, 5) is 25.2. The number of nitrogens with one attached hydrogen (secondary N) is 1. The molecule has 0 saturated heterocycles. The fraction of sp³-hybridized carbons (Fsp3) is 0.476. The number of esters is 1. The molecule has 1 fully saturated rings. The number of halogens is 1. The molecule has 3 rings (SSSR count). The van der Waals surface area contributed by atoms with E-state index in [2.05, 4.69) is 10.4 Å². The largest absolute Gasteiger partial charge is 0.467 e. The SMILES string of the molecule is COC(=O)C1(NC(=O)Cc2c(C)nn(-c3ccc(Cl)cc3)c2C)CCCCC1. The van der Waals surface area contributed by atoms with Gasteiger partial charge in [0.15, 0.2) is 0 Å². The minimum absolute atomic E-state index is 0.171. The van der Waals surface area contributed by atoms with Crippen molar-refractivity contribution in [2.45, 2.75) is 57.9 Å². The molecule has 0 bridgehead atoms. The summed E-state index contributed by atoms with van der Waals surface area (Å²) in [6.07, 6.45) is 4.29. The van der Waals surface area contributed by atoms with Crippen molar-refractivity contribution < 1.29 is 14.3 Å². The van der Waals surface area contributed by atoms with Crippen molar-refractivity contribution in [1.82, 2.24) is 15.1 Å². The maximum Gasteiger partial charge on any atom is 0.331 e. The predicted octanol–water partition coefficient (Wildman–Crippen LogP) is 3.68. The monoisotopic (exact) mass is 403 g/mol. The maximum atomic E-state index is 12.8. The van der Waals surface area contributed by atoms with E-state index in [1.54, 1.807) is 0 Å². The Morgan fingerprint density at radius 1 is 1.18 bits per heavy atom. The van der Waals surface area contributed by atoms with Crippen molar-refractivity contribution in [3.05, 3.63) is 46.2 Å². The smallest absolute Gasteiger partial charge is 0.331 e. The van der Waals surface area contributed by atoms with Crippen molar-refractivity contribution in [3.8, 4) is 5.69 Å². The van der Waals surface area contributed by atoms with Crippen LogP contribution < -0.4 is 5.32 Å². The molecule has 0 spiro atoms. The number of rotatable bonds is 5. The van der Waals surface area contributed by atoms with Crippen LogP contribution >= 0.6 is 11.6 Å². The number of aromatic nitrogens is 2. The molecular formula is C21H26ClN3O3. The van der Waals surface area contributed by atoms with Crippen LogP contribution in [0.25, 0.3) is 5.69 Å². The summed E-state index contributed by atoms with van der Waals surface area (Å²) in [6, 6.07) is 7.39.